The molecule has 0 spiro atoms. The van der Waals surface area contributed by atoms with Gasteiger partial charge in [0.1, 0.15) is 5.75 Å². The van der Waals surface area contributed by atoms with E-state index < -0.39 is 10.0 Å². The van der Waals surface area contributed by atoms with Gasteiger partial charge in [-0.15, -0.1) is 0 Å². The summed E-state index contributed by atoms with van der Waals surface area (Å²) < 4.78 is 27.4. The summed E-state index contributed by atoms with van der Waals surface area (Å²) in [6, 6.07) is 21.3. The zero-order chi connectivity index (χ0) is 18.6. The van der Waals surface area contributed by atoms with E-state index in [-0.39, 0.29) is 10.6 Å². The van der Waals surface area contributed by atoms with E-state index in [1.165, 1.54) is 0 Å². The van der Waals surface area contributed by atoms with E-state index in [0.717, 1.165) is 29.5 Å². The van der Waals surface area contributed by atoms with E-state index in [0.29, 0.717) is 5.69 Å². The fourth-order valence-electron chi connectivity index (χ4n) is 2.62. The van der Waals surface area contributed by atoms with Crippen LogP contribution in [-0.4, -0.2) is 13.5 Å². The minimum Gasteiger partial charge on any atom is -0.508 e. The van der Waals surface area contributed by atoms with Crippen molar-refractivity contribution in [1.29, 1.82) is 0 Å². The Morgan fingerprint density at radius 2 is 1.27 bits per heavy atom. The Kier molecular flexibility index (Phi) is 5.28. The Morgan fingerprint density at radius 3 is 1.81 bits per heavy atom. The lowest BCUT2D eigenvalue weighted by molar-refractivity contribution is 0.475. The van der Waals surface area contributed by atoms with Crippen LogP contribution in [0.5, 0.6) is 5.75 Å². The van der Waals surface area contributed by atoms with Crippen LogP contribution in [0.4, 0.5) is 5.69 Å². The molecule has 0 atom stereocenters. The molecule has 0 heterocycles. The first-order valence-corrected chi connectivity index (χ1v) is 9.87. The molecule has 0 unspecified atom stereocenters. The van der Waals surface area contributed by atoms with Crippen molar-refractivity contribution in [2.75, 3.05) is 4.72 Å². The average Bonchev–Trinajstić information content (AvgIpc) is 2.62. The first-order valence-electron chi connectivity index (χ1n) is 8.39. The monoisotopic (exact) mass is 367 g/mol. The van der Waals surface area contributed by atoms with Crippen LogP contribution in [0.25, 0.3) is 0 Å². The molecule has 0 aromatic heterocycles. The third kappa shape index (κ3) is 4.64. The molecule has 26 heavy (non-hydrogen) atoms. The number of aromatic hydroxyl groups is 1. The van der Waals surface area contributed by atoms with E-state index in [1.807, 2.05) is 31.2 Å². The number of sulfonamides is 1. The summed E-state index contributed by atoms with van der Waals surface area (Å²) >= 11 is 0. The largest absolute Gasteiger partial charge is 0.508 e. The number of anilines is 1. The highest BCUT2D eigenvalue weighted by molar-refractivity contribution is 7.92. The highest BCUT2D eigenvalue weighted by atomic mass is 32.2. The second kappa shape index (κ2) is 7.62. The van der Waals surface area contributed by atoms with E-state index in [1.54, 1.807) is 48.5 Å². The van der Waals surface area contributed by atoms with Crippen molar-refractivity contribution in [2.45, 2.75) is 24.7 Å². The molecule has 4 nitrogen and oxygen atoms in total. The molecule has 134 valence electrons. The molecule has 0 aliphatic carbocycles. The number of phenolic OH excluding ortho intramolecular Hbond substituents is 1. The molecule has 0 aliphatic rings. The molecule has 0 saturated heterocycles. The second-order valence-corrected chi connectivity index (χ2v) is 7.96. The first kappa shape index (κ1) is 18.0. The van der Waals surface area contributed by atoms with Crippen molar-refractivity contribution in [3.05, 3.63) is 89.5 Å². The van der Waals surface area contributed by atoms with Crippen LogP contribution >= 0.6 is 0 Å². The molecule has 5 heteroatoms. The van der Waals surface area contributed by atoms with Crippen molar-refractivity contribution < 1.29 is 13.5 Å². The molecular formula is C21H21NO3S. The summed E-state index contributed by atoms with van der Waals surface area (Å²) in [7, 11) is -3.58. The molecule has 0 aliphatic heterocycles. The molecule has 3 aromatic carbocycles. The third-order valence-corrected chi connectivity index (χ3v) is 5.57. The smallest absolute Gasteiger partial charge is 0.261 e. The molecule has 0 bridgehead atoms. The maximum absolute atomic E-state index is 12.4. The number of hydrogen-bond donors (Lipinski definition) is 2. The Morgan fingerprint density at radius 1 is 0.769 bits per heavy atom. The van der Waals surface area contributed by atoms with Gasteiger partial charge >= 0.3 is 0 Å². The minimum atomic E-state index is -3.58. The number of rotatable bonds is 6. The summed E-state index contributed by atoms with van der Waals surface area (Å²) in [6.07, 6.45) is 1.70. The lowest BCUT2D eigenvalue weighted by atomic mass is 10.0. The highest BCUT2D eigenvalue weighted by Gasteiger charge is 2.13. The lowest BCUT2D eigenvalue weighted by Gasteiger charge is -2.09. The van der Waals surface area contributed by atoms with Gasteiger partial charge in [0.15, 0.2) is 0 Å². The van der Waals surface area contributed by atoms with Gasteiger partial charge in [-0.1, -0.05) is 42.0 Å². The van der Waals surface area contributed by atoms with E-state index >= 15 is 0 Å². The van der Waals surface area contributed by atoms with Gasteiger partial charge in [0.05, 0.1) is 4.90 Å². The SMILES string of the molecule is Cc1ccc(S(=O)(=O)Nc2ccc(CCc3ccc(O)cc3)cc2)cc1. The zero-order valence-electron chi connectivity index (χ0n) is 14.5. The van der Waals surface area contributed by atoms with Crippen LogP contribution in [0.3, 0.4) is 0 Å². The maximum Gasteiger partial charge on any atom is 0.261 e. The zero-order valence-corrected chi connectivity index (χ0v) is 15.3. The van der Waals surface area contributed by atoms with Gasteiger partial charge in [-0.3, -0.25) is 4.72 Å². The maximum atomic E-state index is 12.4. The summed E-state index contributed by atoms with van der Waals surface area (Å²) in [4.78, 5) is 0.250. The predicted molar refractivity (Wildman–Crippen MR) is 104 cm³/mol. The van der Waals surface area contributed by atoms with Crippen molar-refractivity contribution in [3.63, 3.8) is 0 Å². The third-order valence-electron chi connectivity index (χ3n) is 4.18. The van der Waals surface area contributed by atoms with Crippen LogP contribution in [0.2, 0.25) is 0 Å². The standard InChI is InChI=1S/C21H21NO3S/c1-16-2-14-21(15-3-16)26(24,25)22-19-10-6-17(7-11-19)4-5-18-8-12-20(23)13-9-18/h2-3,6-15,22-23H,4-5H2,1H3. The van der Waals surface area contributed by atoms with Crippen molar-refractivity contribution in [1.82, 2.24) is 0 Å². The normalized spacial score (nSPS) is 11.3. The summed E-state index contributed by atoms with van der Waals surface area (Å²) in [5, 5.41) is 9.31. The summed E-state index contributed by atoms with van der Waals surface area (Å²) in [5.41, 5.74) is 3.82. The van der Waals surface area contributed by atoms with Crippen LogP contribution in [0, 0.1) is 6.92 Å². The molecule has 3 rings (SSSR count). The molecule has 3 aromatic rings. The van der Waals surface area contributed by atoms with Gasteiger partial charge in [0, 0.05) is 5.69 Å². The second-order valence-electron chi connectivity index (χ2n) is 6.28. The molecule has 0 amide bonds. The number of nitrogens with one attached hydrogen (secondary N) is 1. The Hall–Kier alpha value is -2.79. The lowest BCUT2D eigenvalue weighted by Crippen LogP contribution is -2.12. The molecule has 0 radical (unpaired) electrons. The van der Waals surface area contributed by atoms with Gasteiger partial charge in [-0.05, 0) is 67.3 Å². The van der Waals surface area contributed by atoms with E-state index in [2.05, 4.69) is 4.72 Å². The van der Waals surface area contributed by atoms with Crippen molar-refractivity contribution >= 4 is 15.7 Å². The number of hydrogen-bond acceptors (Lipinski definition) is 3. The van der Waals surface area contributed by atoms with Gasteiger partial charge in [0.2, 0.25) is 0 Å². The van der Waals surface area contributed by atoms with Crippen molar-refractivity contribution in [3.8, 4) is 5.75 Å². The van der Waals surface area contributed by atoms with Crippen LogP contribution in [0.15, 0.2) is 77.7 Å². The Bertz CT molecular complexity index is 961. The van der Waals surface area contributed by atoms with Gasteiger partial charge in [-0.2, -0.15) is 0 Å². The summed E-state index contributed by atoms with van der Waals surface area (Å²) in [6.45, 7) is 1.92. The van der Waals surface area contributed by atoms with Gasteiger partial charge < -0.3 is 5.11 Å². The minimum absolute atomic E-state index is 0.250. The van der Waals surface area contributed by atoms with Crippen molar-refractivity contribution in [2.24, 2.45) is 0 Å². The number of phenols is 1. The van der Waals surface area contributed by atoms with Crippen LogP contribution < -0.4 is 4.72 Å². The Balaban J connectivity index is 1.63. The summed E-state index contributed by atoms with van der Waals surface area (Å²) in [5.74, 6) is 0.263. The number of benzene rings is 3. The van der Waals surface area contributed by atoms with E-state index in [4.69, 9.17) is 0 Å². The molecule has 2 N–H and O–H groups in total. The number of aryl methyl sites for hydroxylation is 3. The average molecular weight is 367 g/mol. The fourth-order valence-corrected chi connectivity index (χ4v) is 3.68. The molecule has 0 saturated carbocycles. The topological polar surface area (TPSA) is 66.4 Å². The first-order chi connectivity index (χ1) is 12.4. The molecular weight excluding hydrogens is 346 g/mol. The van der Waals surface area contributed by atoms with E-state index in [9.17, 15) is 13.5 Å². The van der Waals surface area contributed by atoms with Crippen LogP contribution in [-0.2, 0) is 22.9 Å². The Labute approximate surface area is 154 Å². The van der Waals surface area contributed by atoms with Gasteiger partial charge in [-0.25, -0.2) is 8.42 Å². The predicted octanol–water partition coefficient (Wildman–Crippen LogP) is 4.29. The van der Waals surface area contributed by atoms with Crippen LogP contribution in [0.1, 0.15) is 16.7 Å². The van der Waals surface area contributed by atoms with Gasteiger partial charge in [0.25, 0.3) is 10.0 Å². The molecule has 0 fully saturated rings. The highest BCUT2D eigenvalue weighted by Crippen LogP contribution is 2.18. The fraction of sp³-hybridized carbons (Fsp3) is 0.143. The quantitative estimate of drug-likeness (QED) is 0.683.